The van der Waals surface area contributed by atoms with Crippen LogP contribution in [0.5, 0.6) is 0 Å². The Kier molecular flexibility index (Phi) is 2.32. The Balaban J connectivity index is 2.24. The molecule has 2 atom stereocenters. The molecule has 0 aromatic carbocycles. The molecule has 1 amide bonds. The molecule has 0 aromatic rings. The summed E-state index contributed by atoms with van der Waals surface area (Å²) in [6, 6.07) is 0. The summed E-state index contributed by atoms with van der Waals surface area (Å²) >= 11 is 0. The number of nitrogens with two attached hydrogens (primary N) is 1. The van der Waals surface area contributed by atoms with Crippen molar-refractivity contribution in [1.82, 2.24) is 0 Å². The van der Waals surface area contributed by atoms with Crippen LogP contribution in [0.15, 0.2) is 0 Å². The van der Waals surface area contributed by atoms with Gasteiger partial charge in [-0.3, -0.25) is 4.79 Å². The highest BCUT2D eigenvalue weighted by Gasteiger charge is 2.49. The Morgan fingerprint density at radius 1 is 1.29 bits per heavy atom. The number of carbonyl (C=O) groups excluding carboxylic acids is 1. The fourth-order valence-electron chi connectivity index (χ4n) is 3.62. The largest absolute Gasteiger partial charge is 0.369 e. The van der Waals surface area contributed by atoms with Gasteiger partial charge < -0.3 is 5.73 Å². The van der Waals surface area contributed by atoms with Crippen molar-refractivity contribution in [3.8, 4) is 0 Å². The molecule has 2 rings (SSSR count). The van der Waals surface area contributed by atoms with Crippen LogP contribution in [0.25, 0.3) is 0 Å². The normalized spacial score (nSPS) is 41.6. The second kappa shape index (κ2) is 3.25. The van der Waals surface area contributed by atoms with Crippen molar-refractivity contribution >= 4 is 5.91 Å². The topological polar surface area (TPSA) is 43.1 Å². The highest BCUT2D eigenvalue weighted by atomic mass is 16.1. The number of hydrogen-bond acceptors (Lipinski definition) is 1. The van der Waals surface area contributed by atoms with E-state index in [2.05, 4.69) is 13.8 Å². The molecule has 2 N–H and O–H groups in total. The van der Waals surface area contributed by atoms with Gasteiger partial charge in [0.15, 0.2) is 0 Å². The van der Waals surface area contributed by atoms with E-state index in [0.717, 1.165) is 24.7 Å². The Morgan fingerprint density at radius 3 is 2.14 bits per heavy atom. The van der Waals surface area contributed by atoms with Gasteiger partial charge in [-0.25, -0.2) is 0 Å². The van der Waals surface area contributed by atoms with Gasteiger partial charge in [0.2, 0.25) is 5.91 Å². The summed E-state index contributed by atoms with van der Waals surface area (Å²) in [7, 11) is 0. The van der Waals surface area contributed by atoms with E-state index in [0.29, 0.717) is 5.92 Å². The molecule has 0 saturated heterocycles. The molecule has 2 aliphatic carbocycles. The van der Waals surface area contributed by atoms with E-state index in [9.17, 15) is 4.79 Å². The number of primary amides is 1. The van der Waals surface area contributed by atoms with E-state index in [1.807, 2.05) is 0 Å². The summed E-state index contributed by atoms with van der Waals surface area (Å²) < 4.78 is 0. The van der Waals surface area contributed by atoms with Gasteiger partial charge in [-0.2, -0.15) is 0 Å². The van der Waals surface area contributed by atoms with E-state index in [1.165, 1.54) is 19.3 Å². The lowest BCUT2D eigenvalue weighted by Crippen LogP contribution is -2.45. The lowest BCUT2D eigenvalue weighted by atomic mass is 9.63. The minimum Gasteiger partial charge on any atom is -0.369 e. The molecule has 0 heterocycles. The van der Waals surface area contributed by atoms with Crippen LogP contribution in [-0.2, 0) is 4.79 Å². The lowest BCUT2D eigenvalue weighted by molar-refractivity contribution is -0.134. The second-order valence-corrected chi connectivity index (χ2v) is 5.63. The average molecular weight is 195 g/mol. The third-order valence-electron chi connectivity index (χ3n) is 4.55. The zero-order valence-electron chi connectivity index (χ0n) is 9.25. The summed E-state index contributed by atoms with van der Waals surface area (Å²) in [6.45, 7) is 4.30. The molecule has 0 aromatic heterocycles. The van der Waals surface area contributed by atoms with Crippen molar-refractivity contribution in [3.63, 3.8) is 0 Å². The van der Waals surface area contributed by atoms with Gasteiger partial charge in [-0.1, -0.05) is 26.7 Å². The lowest BCUT2D eigenvalue weighted by Gasteiger charge is -2.41. The predicted molar refractivity (Wildman–Crippen MR) is 56.5 cm³/mol. The quantitative estimate of drug-likeness (QED) is 0.722. The molecular formula is C12H21NO. The minimum absolute atomic E-state index is 0.0518. The Morgan fingerprint density at radius 2 is 1.79 bits per heavy atom. The van der Waals surface area contributed by atoms with Gasteiger partial charge in [0.1, 0.15) is 0 Å². The molecule has 2 saturated carbocycles. The first kappa shape index (κ1) is 10.0. The average Bonchev–Trinajstić information content (AvgIpc) is 2.44. The van der Waals surface area contributed by atoms with E-state index in [-0.39, 0.29) is 11.3 Å². The summed E-state index contributed by atoms with van der Waals surface area (Å²) in [5.41, 5.74) is 5.44. The van der Waals surface area contributed by atoms with Crippen LogP contribution in [-0.4, -0.2) is 5.91 Å². The molecule has 2 nitrogen and oxygen atoms in total. The number of amides is 1. The SMILES string of the molecule is CC(C)C1(C(N)=O)CC2CCC(C2)C1. The Labute approximate surface area is 86.2 Å². The van der Waals surface area contributed by atoms with Gasteiger partial charge >= 0.3 is 0 Å². The molecular weight excluding hydrogens is 174 g/mol. The van der Waals surface area contributed by atoms with Crippen molar-refractivity contribution in [2.45, 2.75) is 46.0 Å². The fraction of sp³-hybridized carbons (Fsp3) is 0.917. The van der Waals surface area contributed by atoms with Gasteiger partial charge in [-0.15, -0.1) is 0 Å². The van der Waals surface area contributed by atoms with Crippen LogP contribution in [0.2, 0.25) is 0 Å². The molecule has 0 radical (unpaired) electrons. The van der Waals surface area contributed by atoms with E-state index < -0.39 is 0 Å². The van der Waals surface area contributed by atoms with Crippen LogP contribution in [0, 0.1) is 23.2 Å². The standard InChI is InChI=1S/C12H21NO/c1-8(2)12(11(13)14)6-9-3-4-10(5-9)7-12/h8-10H,3-7H2,1-2H3,(H2,13,14). The van der Waals surface area contributed by atoms with Crippen LogP contribution in [0.4, 0.5) is 0 Å². The molecule has 0 spiro atoms. The summed E-state index contributed by atoms with van der Waals surface area (Å²) in [6.07, 6.45) is 6.10. The molecule has 2 aliphatic rings. The smallest absolute Gasteiger partial charge is 0.223 e. The van der Waals surface area contributed by atoms with E-state index in [4.69, 9.17) is 5.73 Å². The van der Waals surface area contributed by atoms with Gasteiger partial charge in [0.05, 0.1) is 5.41 Å². The molecule has 14 heavy (non-hydrogen) atoms. The van der Waals surface area contributed by atoms with Gasteiger partial charge in [0, 0.05) is 0 Å². The van der Waals surface area contributed by atoms with Crippen LogP contribution < -0.4 is 5.73 Å². The zero-order valence-corrected chi connectivity index (χ0v) is 9.25. The van der Waals surface area contributed by atoms with E-state index >= 15 is 0 Å². The Hall–Kier alpha value is -0.530. The van der Waals surface area contributed by atoms with Gasteiger partial charge in [-0.05, 0) is 37.0 Å². The van der Waals surface area contributed by atoms with Crippen molar-refractivity contribution < 1.29 is 4.79 Å². The molecule has 0 aliphatic heterocycles. The fourth-order valence-corrected chi connectivity index (χ4v) is 3.62. The zero-order chi connectivity index (χ0) is 10.3. The highest BCUT2D eigenvalue weighted by Crippen LogP contribution is 2.53. The predicted octanol–water partition coefficient (Wildman–Crippen LogP) is 2.32. The van der Waals surface area contributed by atoms with Crippen LogP contribution in [0.1, 0.15) is 46.0 Å². The monoisotopic (exact) mass is 195 g/mol. The number of fused-ring (bicyclic) bond motifs is 2. The highest BCUT2D eigenvalue weighted by molar-refractivity contribution is 5.81. The maximum atomic E-state index is 11.7. The van der Waals surface area contributed by atoms with Crippen LogP contribution >= 0.6 is 0 Å². The third kappa shape index (κ3) is 1.35. The second-order valence-electron chi connectivity index (χ2n) is 5.63. The first-order valence-corrected chi connectivity index (χ1v) is 5.84. The number of rotatable bonds is 2. The van der Waals surface area contributed by atoms with E-state index in [1.54, 1.807) is 0 Å². The van der Waals surface area contributed by atoms with Crippen molar-refractivity contribution in [3.05, 3.63) is 0 Å². The third-order valence-corrected chi connectivity index (χ3v) is 4.55. The van der Waals surface area contributed by atoms with Crippen molar-refractivity contribution in [2.24, 2.45) is 28.9 Å². The molecule has 80 valence electrons. The number of hydrogen-bond donors (Lipinski definition) is 1. The van der Waals surface area contributed by atoms with Crippen LogP contribution in [0.3, 0.4) is 0 Å². The molecule has 2 heteroatoms. The first-order valence-electron chi connectivity index (χ1n) is 5.84. The molecule has 2 unspecified atom stereocenters. The summed E-state index contributed by atoms with van der Waals surface area (Å²) in [5.74, 6) is 1.92. The molecule has 2 bridgehead atoms. The summed E-state index contributed by atoms with van der Waals surface area (Å²) in [5, 5.41) is 0. The van der Waals surface area contributed by atoms with Crippen molar-refractivity contribution in [1.29, 1.82) is 0 Å². The maximum absolute atomic E-state index is 11.7. The minimum atomic E-state index is -0.177. The van der Waals surface area contributed by atoms with Gasteiger partial charge in [0.25, 0.3) is 0 Å². The first-order chi connectivity index (χ1) is 6.54. The maximum Gasteiger partial charge on any atom is 0.223 e. The van der Waals surface area contributed by atoms with Crippen molar-refractivity contribution in [2.75, 3.05) is 0 Å². The summed E-state index contributed by atoms with van der Waals surface area (Å²) in [4.78, 5) is 11.7. The Bertz CT molecular complexity index is 235. The number of carbonyl (C=O) groups is 1. The molecule has 2 fully saturated rings.